The quantitative estimate of drug-likeness (QED) is 0.0185. The number of aliphatic hydroxyl groups is 1. The molecule has 93 heavy (non-hydrogen) atoms. The van der Waals surface area contributed by atoms with Crippen LogP contribution in [0, 0.1) is 6.92 Å². The van der Waals surface area contributed by atoms with Crippen molar-refractivity contribution in [1.29, 1.82) is 0 Å². The average Bonchev–Trinajstić information content (AvgIpc) is 0.762. The molecule has 1 aliphatic carbocycles. The summed E-state index contributed by atoms with van der Waals surface area (Å²) in [6.45, 7) is 1.64. The number of aliphatic hydroxyl groups excluding tert-OH is 1. The number of fused-ring (bicyclic) bond motifs is 4. The fraction of sp³-hybridized carbons (Fsp3) is 0.0545. The lowest BCUT2D eigenvalue weighted by molar-refractivity contribution is 0.160. The molecule has 0 saturated heterocycles. The third kappa shape index (κ3) is 13.4. The molecule has 480 valence electrons. The summed E-state index contributed by atoms with van der Waals surface area (Å²) >= 11 is 0. The third-order valence-electron chi connectivity index (χ3n) is 14.1. The molecule has 2 unspecified atom stereocenters. The van der Waals surface area contributed by atoms with Gasteiger partial charge in [-0.25, -0.2) is 0 Å². The summed E-state index contributed by atoms with van der Waals surface area (Å²) < 4.78 is 207. The second-order valence-electron chi connectivity index (χ2n) is 20.1. The van der Waals surface area contributed by atoms with Gasteiger partial charge in [-0.3, -0.25) is 27.3 Å². The molecule has 9 aromatic rings. The van der Waals surface area contributed by atoms with Gasteiger partial charge in [-0.2, -0.15) is 76.1 Å². The molecule has 0 fully saturated rings. The van der Waals surface area contributed by atoms with Crippen LogP contribution in [0.1, 0.15) is 33.9 Å². The number of rotatable bonds is 16. The second kappa shape index (κ2) is 23.9. The van der Waals surface area contributed by atoms with Gasteiger partial charge in [-0.1, -0.05) is 54.6 Å². The van der Waals surface area contributed by atoms with E-state index >= 15 is 0 Å². The van der Waals surface area contributed by atoms with Crippen molar-refractivity contribution in [2.75, 3.05) is 11.5 Å². The predicted octanol–water partition coefficient (Wildman–Crippen LogP) is 10.8. The normalized spacial score (nSPS) is 15.4. The predicted molar refractivity (Wildman–Crippen MR) is 332 cm³/mol. The fourth-order valence-corrected chi connectivity index (χ4v) is 14.3. The van der Waals surface area contributed by atoms with Gasteiger partial charge in [0, 0.05) is 27.3 Å². The highest BCUT2D eigenvalue weighted by molar-refractivity contribution is 7.87. The number of azo groups is 4. The first-order valence-corrected chi connectivity index (χ1v) is 34.3. The van der Waals surface area contributed by atoms with Crippen LogP contribution in [0.15, 0.2) is 192 Å². The maximum absolute atomic E-state index is 12.9. The number of phenolic OH excluding ortho intramolecular Hbond substituents is 3. The van der Waals surface area contributed by atoms with Crippen LogP contribution in [-0.4, -0.2) is 104 Å². The summed E-state index contributed by atoms with van der Waals surface area (Å²) in [6.07, 6.45) is 3.07. The van der Waals surface area contributed by atoms with Crippen molar-refractivity contribution in [3.63, 3.8) is 0 Å². The van der Waals surface area contributed by atoms with E-state index < -0.39 is 147 Å². The molecule has 0 saturated carbocycles. The van der Waals surface area contributed by atoms with Crippen LogP contribution in [0.5, 0.6) is 17.2 Å². The molecule has 38 heteroatoms. The molecule has 0 radical (unpaired) electrons. The molecule has 0 aliphatic heterocycles. The van der Waals surface area contributed by atoms with Gasteiger partial charge in [0.1, 0.15) is 64.3 Å². The van der Waals surface area contributed by atoms with Gasteiger partial charge in [0.2, 0.25) is 0 Å². The lowest BCUT2D eigenvalue weighted by Gasteiger charge is -2.26. The minimum absolute atomic E-state index is 0.0635. The van der Waals surface area contributed by atoms with E-state index in [2.05, 4.69) is 40.9 Å². The van der Waals surface area contributed by atoms with Gasteiger partial charge < -0.3 is 31.9 Å². The van der Waals surface area contributed by atoms with Crippen LogP contribution >= 0.6 is 0 Å². The monoisotopic (exact) mass is 1390 g/mol. The summed E-state index contributed by atoms with van der Waals surface area (Å²) in [4.78, 5) is -5.87. The third-order valence-corrected chi connectivity index (χ3v) is 19.5. The number of anilines is 2. The van der Waals surface area contributed by atoms with E-state index in [0.717, 1.165) is 42.5 Å². The van der Waals surface area contributed by atoms with Crippen LogP contribution in [0.3, 0.4) is 0 Å². The zero-order valence-electron chi connectivity index (χ0n) is 46.5. The number of aryl methyl sites for hydroxylation is 1. The number of nitrogen functional groups attached to an aromatic ring is 2. The summed E-state index contributed by atoms with van der Waals surface area (Å²) in [7, 11) is -30.9. The van der Waals surface area contributed by atoms with Gasteiger partial charge in [0.15, 0.2) is 11.5 Å². The molecule has 2 atom stereocenters. The van der Waals surface area contributed by atoms with Gasteiger partial charge in [-0.05, 0) is 119 Å². The molecule has 32 nitrogen and oxygen atoms in total. The highest BCUT2D eigenvalue weighted by Crippen LogP contribution is 2.47. The molecule has 9 aromatic carbocycles. The summed E-state index contributed by atoms with van der Waals surface area (Å²) in [6, 6.07) is 21.8. The summed E-state index contributed by atoms with van der Waals surface area (Å²) in [5.74, 6) is -1.99. The zero-order valence-corrected chi connectivity index (χ0v) is 51.4. The van der Waals surface area contributed by atoms with E-state index in [0.29, 0.717) is 39.7 Å². The van der Waals surface area contributed by atoms with Crippen LogP contribution in [-0.2, 0) is 60.7 Å². The molecule has 0 spiro atoms. The van der Waals surface area contributed by atoms with E-state index in [1.54, 1.807) is 37.3 Å². The van der Waals surface area contributed by atoms with Crippen molar-refractivity contribution < 1.29 is 98.2 Å². The minimum Gasteiger partial charge on any atom is -0.506 e. The number of aromatic hydroxyl groups is 3. The standard InChI is InChI=1S/C55H42N10O22S6/c1-25-18-28-19-31(59-62-38-16-14-36-42(89(73,74)75)23-44(91(79,80)81)48(56)46(36)53(38)68)10-12-34(28)52(67)50(25)64-58-30-7-3-26(4-8-30)2-5-27-6-9-33(22-41(27)88(70,71)72)61-65-51-40(66)21-29-20-32(11-13-35(29)55(51)93(85,86)87)60-63-39-17-15-37-43(90(76,77)78)24-45(92(82,83)84)49(57)47(37)54(39)69/h2-24,39,54,66-69H,56-57H2,1H3,(H,70,71,72)(H,73,74,75)(H,76,77,78)(H,79,80,81)(H,82,83,84)(H,85,86,87)/b5-2+,62-59?,63-60?,64-58?,65-61?. The van der Waals surface area contributed by atoms with E-state index in [-0.39, 0.29) is 55.9 Å². The number of hydrogen-bond acceptors (Lipinski definition) is 26. The first-order chi connectivity index (χ1) is 43.3. The number of hydrogen-bond donors (Lipinski definition) is 12. The smallest absolute Gasteiger partial charge is 0.297 e. The van der Waals surface area contributed by atoms with Crippen molar-refractivity contribution in [3.8, 4) is 17.2 Å². The maximum Gasteiger partial charge on any atom is 0.297 e. The van der Waals surface area contributed by atoms with Crippen LogP contribution < -0.4 is 11.5 Å². The van der Waals surface area contributed by atoms with Crippen LogP contribution in [0.4, 0.5) is 51.2 Å². The number of nitrogens with zero attached hydrogens (tertiary/aromatic N) is 8. The molecular weight excluding hydrogens is 1350 g/mol. The first-order valence-electron chi connectivity index (χ1n) is 25.7. The Morgan fingerprint density at radius 3 is 1.59 bits per heavy atom. The molecule has 0 aromatic heterocycles. The largest absolute Gasteiger partial charge is 0.506 e. The molecular formula is C55H42N10O22S6. The number of nitrogens with two attached hydrogens (primary N) is 2. The molecule has 0 bridgehead atoms. The Kier molecular flexibility index (Phi) is 17.0. The molecule has 0 heterocycles. The SMILES string of the molecule is Cc1cc2cc(N=Nc3ccc4c(S(=O)(=O)O)cc(S(=O)(=O)O)c(N)c4c3O)ccc2c(O)c1N=Nc1ccc(/C=C/c2ccc(N=Nc3c(O)cc4cc(N=NC5C=Cc6c(S(=O)(=O)O)cc(S(=O)(=O)O)c(N)c6C5O)ccc4c3S(=O)(=O)O)cc2S(=O)(=O)O)cc1. The second-order valence-corrected chi connectivity index (χ2v) is 28.4. The Hall–Kier alpha value is -9.94. The van der Waals surface area contributed by atoms with Crippen LogP contribution in [0.2, 0.25) is 0 Å². The van der Waals surface area contributed by atoms with E-state index in [9.17, 15) is 98.2 Å². The lowest BCUT2D eigenvalue weighted by atomic mass is 9.90. The summed E-state index contributed by atoms with van der Waals surface area (Å²) in [5.41, 5.74) is 9.35. The van der Waals surface area contributed by atoms with E-state index in [4.69, 9.17) is 11.5 Å². The van der Waals surface area contributed by atoms with Gasteiger partial charge in [0.25, 0.3) is 60.7 Å². The number of benzene rings is 9. The Balaban J connectivity index is 0.844. The Labute approximate surface area is 524 Å². The highest BCUT2D eigenvalue weighted by atomic mass is 32.2. The highest BCUT2D eigenvalue weighted by Gasteiger charge is 2.35. The maximum atomic E-state index is 12.9. The topological polar surface area (TPSA) is 558 Å². The molecule has 1 aliphatic rings. The van der Waals surface area contributed by atoms with Crippen molar-refractivity contribution in [2.24, 2.45) is 40.9 Å². The molecule has 14 N–H and O–H groups in total. The Bertz CT molecular complexity index is 5670. The van der Waals surface area contributed by atoms with Crippen LogP contribution in [0.25, 0.3) is 50.5 Å². The fourth-order valence-electron chi connectivity index (χ4n) is 9.83. The molecule has 0 amide bonds. The van der Waals surface area contributed by atoms with Gasteiger partial charge in [-0.15, -0.1) is 15.3 Å². The Morgan fingerprint density at radius 1 is 0.452 bits per heavy atom. The first kappa shape index (κ1) is 66.0. The van der Waals surface area contributed by atoms with Crippen molar-refractivity contribution >= 4 is 162 Å². The number of phenols is 3. The van der Waals surface area contributed by atoms with E-state index in [1.165, 1.54) is 54.6 Å². The lowest BCUT2D eigenvalue weighted by Crippen LogP contribution is -2.23. The zero-order chi connectivity index (χ0) is 67.8. The van der Waals surface area contributed by atoms with Crippen molar-refractivity contribution in [3.05, 3.63) is 149 Å². The molecule has 10 rings (SSSR count). The Morgan fingerprint density at radius 2 is 0.968 bits per heavy atom. The minimum atomic E-state index is -5.27. The summed E-state index contributed by atoms with van der Waals surface area (Å²) in [5, 5.41) is 76.3. The van der Waals surface area contributed by atoms with Gasteiger partial charge in [0.05, 0.1) is 39.5 Å². The van der Waals surface area contributed by atoms with Gasteiger partial charge >= 0.3 is 0 Å². The average molecular weight is 1390 g/mol. The van der Waals surface area contributed by atoms with E-state index in [1.807, 2.05) is 0 Å². The van der Waals surface area contributed by atoms with Crippen molar-refractivity contribution in [2.45, 2.75) is 48.4 Å². The van der Waals surface area contributed by atoms with Crippen molar-refractivity contribution in [1.82, 2.24) is 0 Å².